The first-order valence-corrected chi connectivity index (χ1v) is 10.2. The summed E-state index contributed by atoms with van der Waals surface area (Å²) in [7, 11) is 0. The maximum absolute atomic E-state index is 12.8. The van der Waals surface area contributed by atoms with Crippen molar-refractivity contribution < 1.29 is 18.0 Å². The minimum absolute atomic E-state index is 0.214. The van der Waals surface area contributed by atoms with Crippen LogP contribution >= 0.6 is 0 Å². The van der Waals surface area contributed by atoms with Gasteiger partial charge in [0.2, 0.25) is 0 Å². The molecule has 2 N–H and O–H groups in total. The first-order chi connectivity index (χ1) is 15.4. The van der Waals surface area contributed by atoms with Crippen molar-refractivity contribution in [2.75, 3.05) is 11.9 Å². The van der Waals surface area contributed by atoms with Crippen LogP contribution < -0.4 is 10.6 Å². The summed E-state index contributed by atoms with van der Waals surface area (Å²) in [5.74, 6) is -0.214. The van der Waals surface area contributed by atoms with Crippen molar-refractivity contribution in [3.05, 3.63) is 107 Å². The number of nitrogens with one attached hydrogen (secondary N) is 2. The van der Waals surface area contributed by atoms with Crippen LogP contribution in [0.15, 0.2) is 78.9 Å². The zero-order chi connectivity index (χ0) is 22.6. The predicted octanol–water partition coefficient (Wildman–Crippen LogP) is 6.46. The lowest BCUT2D eigenvalue weighted by atomic mass is 10.00. The van der Waals surface area contributed by atoms with Crippen LogP contribution in [0.3, 0.4) is 0 Å². The molecule has 3 aromatic carbocycles. The molecule has 0 atom stereocenters. The number of anilines is 1. The van der Waals surface area contributed by atoms with Gasteiger partial charge in [-0.15, -0.1) is 0 Å². The van der Waals surface area contributed by atoms with Gasteiger partial charge in [0.15, 0.2) is 0 Å². The molecule has 6 heteroatoms. The summed E-state index contributed by atoms with van der Waals surface area (Å²) in [6.45, 7) is 0.804. The zero-order valence-electron chi connectivity index (χ0n) is 17.1. The smallest absolute Gasteiger partial charge is 0.384 e. The summed E-state index contributed by atoms with van der Waals surface area (Å²) in [4.78, 5) is 12.7. The molecule has 1 amide bonds. The first-order valence-electron chi connectivity index (χ1n) is 10.2. The van der Waals surface area contributed by atoms with E-state index in [0.29, 0.717) is 16.8 Å². The van der Waals surface area contributed by atoms with Gasteiger partial charge in [-0.05, 0) is 47.9 Å². The summed E-state index contributed by atoms with van der Waals surface area (Å²) in [6.07, 6.45) is 2.19. The van der Waals surface area contributed by atoms with Gasteiger partial charge in [-0.1, -0.05) is 60.7 Å². The molecule has 0 aromatic heterocycles. The number of benzene rings is 3. The Bertz CT molecular complexity index is 1160. The molecule has 0 unspecified atom stereocenters. The van der Waals surface area contributed by atoms with E-state index < -0.39 is 11.7 Å². The normalized spacial score (nSPS) is 13.7. The maximum atomic E-state index is 12.8. The lowest BCUT2D eigenvalue weighted by Gasteiger charge is -2.16. The number of carbonyl (C=O) groups is 1. The molecular weight excluding hydrogens is 413 g/mol. The fourth-order valence-electron chi connectivity index (χ4n) is 3.55. The highest BCUT2D eigenvalue weighted by Gasteiger charge is 2.29. The zero-order valence-corrected chi connectivity index (χ0v) is 17.1. The fourth-order valence-corrected chi connectivity index (χ4v) is 3.55. The molecule has 0 saturated heterocycles. The molecular formula is C26H21F3N2O. The molecule has 0 fully saturated rings. The number of halogens is 3. The molecule has 0 saturated carbocycles. The van der Waals surface area contributed by atoms with Crippen molar-refractivity contribution in [2.24, 2.45) is 0 Å². The highest BCUT2D eigenvalue weighted by Crippen LogP contribution is 2.31. The molecule has 0 bridgehead atoms. The SMILES string of the molecule is O=C(Nc1cccc(/C=C/c2ccc(C(F)(F)F)cc2)c1C1=CCCN1)c1ccccc1. The standard InChI is InChI=1S/C26H21F3N2O/c27-26(28,29)21-15-12-18(13-16-21)11-14-19-8-4-9-23(24(19)22-10-5-17-30-22)31-25(32)20-6-2-1-3-7-20/h1-4,6-16,30H,5,17H2,(H,31,32)/b14-11+. The Balaban J connectivity index is 1.65. The molecule has 1 aliphatic rings. The van der Waals surface area contributed by atoms with Gasteiger partial charge in [-0.2, -0.15) is 13.2 Å². The summed E-state index contributed by atoms with van der Waals surface area (Å²) in [5, 5.41) is 6.33. The topological polar surface area (TPSA) is 41.1 Å². The van der Waals surface area contributed by atoms with Gasteiger partial charge < -0.3 is 10.6 Å². The first kappa shape index (κ1) is 21.4. The van der Waals surface area contributed by atoms with Crippen LogP contribution in [-0.2, 0) is 6.18 Å². The minimum atomic E-state index is -4.36. The molecule has 0 spiro atoms. The molecule has 0 aliphatic carbocycles. The second-order valence-electron chi connectivity index (χ2n) is 7.38. The lowest BCUT2D eigenvalue weighted by molar-refractivity contribution is -0.137. The van der Waals surface area contributed by atoms with Gasteiger partial charge in [0.05, 0.1) is 11.3 Å². The largest absolute Gasteiger partial charge is 0.416 e. The highest BCUT2D eigenvalue weighted by atomic mass is 19.4. The molecule has 0 radical (unpaired) electrons. The van der Waals surface area contributed by atoms with E-state index in [1.807, 2.05) is 30.3 Å². The van der Waals surface area contributed by atoms with Crippen LogP contribution in [0.2, 0.25) is 0 Å². The van der Waals surface area contributed by atoms with Crippen molar-refractivity contribution >= 4 is 29.4 Å². The van der Waals surface area contributed by atoms with Gasteiger partial charge in [-0.25, -0.2) is 0 Å². The predicted molar refractivity (Wildman–Crippen MR) is 122 cm³/mol. The number of hydrogen-bond donors (Lipinski definition) is 2. The number of alkyl halides is 3. The second-order valence-corrected chi connectivity index (χ2v) is 7.38. The average Bonchev–Trinajstić information content (AvgIpc) is 3.32. The van der Waals surface area contributed by atoms with E-state index in [4.69, 9.17) is 0 Å². The maximum Gasteiger partial charge on any atom is 0.416 e. The van der Waals surface area contributed by atoms with Gasteiger partial charge in [0, 0.05) is 23.4 Å². The van der Waals surface area contributed by atoms with Crippen molar-refractivity contribution in [3.63, 3.8) is 0 Å². The Morgan fingerprint density at radius 1 is 0.906 bits per heavy atom. The summed E-state index contributed by atoms with van der Waals surface area (Å²) in [5.41, 5.74) is 3.79. The molecule has 3 aromatic rings. The number of rotatable bonds is 5. The number of hydrogen-bond acceptors (Lipinski definition) is 2. The van der Waals surface area contributed by atoms with Crippen LogP contribution in [0.4, 0.5) is 18.9 Å². The molecule has 32 heavy (non-hydrogen) atoms. The van der Waals surface area contributed by atoms with Crippen molar-refractivity contribution in [1.82, 2.24) is 5.32 Å². The molecule has 1 heterocycles. The fraction of sp³-hybridized carbons (Fsp3) is 0.115. The minimum Gasteiger partial charge on any atom is -0.384 e. The molecule has 1 aliphatic heterocycles. The van der Waals surface area contributed by atoms with E-state index in [1.165, 1.54) is 12.1 Å². The van der Waals surface area contributed by atoms with Crippen LogP contribution in [0.1, 0.15) is 39.0 Å². The lowest BCUT2D eigenvalue weighted by Crippen LogP contribution is -2.15. The number of carbonyl (C=O) groups excluding carboxylic acids is 1. The Kier molecular flexibility index (Phi) is 6.12. The summed E-state index contributed by atoms with van der Waals surface area (Å²) >= 11 is 0. The van der Waals surface area contributed by atoms with Gasteiger partial charge in [-0.3, -0.25) is 4.79 Å². The highest BCUT2D eigenvalue weighted by molar-refractivity contribution is 6.06. The van der Waals surface area contributed by atoms with Gasteiger partial charge >= 0.3 is 6.18 Å². The third-order valence-corrected chi connectivity index (χ3v) is 5.15. The molecule has 162 valence electrons. The Morgan fingerprint density at radius 3 is 2.31 bits per heavy atom. The van der Waals surface area contributed by atoms with E-state index in [1.54, 1.807) is 30.3 Å². The van der Waals surface area contributed by atoms with Crippen LogP contribution in [0.5, 0.6) is 0 Å². The second kappa shape index (κ2) is 9.14. The number of amides is 1. The quantitative estimate of drug-likeness (QED) is 0.453. The molecule has 4 rings (SSSR count). The summed E-state index contributed by atoms with van der Waals surface area (Å²) in [6, 6.07) is 19.6. The van der Waals surface area contributed by atoms with Crippen LogP contribution in [0, 0.1) is 0 Å². The van der Waals surface area contributed by atoms with Crippen molar-refractivity contribution in [3.8, 4) is 0 Å². The van der Waals surface area contributed by atoms with E-state index in [9.17, 15) is 18.0 Å². The molecule has 3 nitrogen and oxygen atoms in total. The Morgan fingerprint density at radius 2 is 1.66 bits per heavy atom. The van der Waals surface area contributed by atoms with Crippen molar-refractivity contribution in [2.45, 2.75) is 12.6 Å². The van der Waals surface area contributed by atoms with E-state index >= 15 is 0 Å². The third-order valence-electron chi connectivity index (χ3n) is 5.15. The summed E-state index contributed by atoms with van der Waals surface area (Å²) < 4.78 is 38.4. The van der Waals surface area contributed by atoms with Gasteiger partial charge in [0.1, 0.15) is 0 Å². The van der Waals surface area contributed by atoms with Gasteiger partial charge in [0.25, 0.3) is 5.91 Å². The monoisotopic (exact) mass is 434 g/mol. The van der Waals surface area contributed by atoms with E-state index in [-0.39, 0.29) is 5.91 Å². The third kappa shape index (κ3) is 4.91. The van der Waals surface area contributed by atoms with Crippen LogP contribution in [0.25, 0.3) is 17.8 Å². The van der Waals surface area contributed by atoms with Crippen LogP contribution in [-0.4, -0.2) is 12.5 Å². The Labute approximate surface area is 184 Å². The van der Waals surface area contributed by atoms with Crippen molar-refractivity contribution in [1.29, 1.82) is 0 Å². The Hall–Kier alpha value is -3.80. The average molecular weight is 434 g/mol. The van der Waals surface area contributed by atoms with E-state index in [0.717, 1.165) is 41.9 Å². The van der Waals surface area contributed by atoms with E-state index in [2.05, 4.69) is 16.7 Å².